The molecule has 2 rings (SSSR count). The minimum atomic E-state index is -0.360. The summed E-state index contributed by atoms with van der Waals surface area (Å²) >= 11 is 1.64. The van der Waals surface area contributed by atoms with Gasteiger partial charge in [-0.25, -0.2) is 8.78 Å². The summed E-state index contributed by atoms with van der Waals surface area (Å²) in [5.41, 5.74) is 2.27. The van der Waals surface area contributed by atoms with E-state index in [4.69, 9.17) is 0 Å². The van der Waals surface area contributed by atoms with Gasteiger partial charge in [-0.15, -0.1) is 0 Å². The number of pyridine rings is 1. The highest BCUT2D eigenvalue weighted by Gasteiger charge is 2.07. The molecule has 0 saturated carbocycles. The molecule has 4 nitrogen and oxygen atoms in total. The predicted molar refractivity (Wildman–Crippen MR) is 94.9 cm³/mol. The summed E-state index contributed by atoms with van der Waals surface area (Å²) in [5.74, 6) is 0.664. The normalized spacial score (nSPS) is 11.4. The highest BCUT2D eigenvalue weighted by molar-refractivity contribution is 7.97. The van der Waals surface area contributed by atoms with Gasteiger partial charge >= 0.3 is 0 Å². The Kier molecular flexibility index (Phi) is 6.99. The summed E-state index contributed by atoms with van der Waals surface area (Å²) < 4.78 is 26.9. The van der Waals surface area contributed by atoms with Crippen molar-refractivity contribution in [1.82, 2.24) is 15.6 Å². The van der Waals surface area contributed by atoms with Crippen molar-refractivity contribution in [3.8, 4) is 0 Å². The molecule has 1 aromatic heterocycles. The van der Waals surface area contributed by atoms with E-state index in [0.29, 0.717) is 18.2 Å². The number of halogens is 2. The van der Waals surface area contributed by atoms with Crippen molar-refractivity contribution in [2.45, 2.75) is 18.8 Å². The molecular formula is C17H20F2N4S. The van der Waals surface area contributed by atoms with Crippen LogP contribution in [0.1, 0.15) is 16.8 Å². The van der Waals surface area contributed by atoms with E-state index in [2.05, 4.69) is 20.6 Å². The van der Waals surface area contributed by atoms with Crippen molar-refractivity contribution in [3.63, 3.8) is 0 Å². The van der Waals surface area contributed by atoms with Crippen LogP contribution in [0, 0.1) is 11.6 Å². The van der Waals surface area contributed by atoms with Gasteiger partial charge in [0.1, 0.15) is 11.6 Å². The topological polar surface area (TPSA) is 49.3 Å². The fourth-order valence-corrected chi connectivity index (χ4v) is 2.75. The lowest BCUT2D eigenvalue weighted by Gasteiger charge is -2.14. The molecule has 2 N–H and O–H groups in total. The molecular weight excluding hydrogens is 330 g/mol. The van der Waals surface area contributed by atoms with Crippen LogP contribution in [-0.4, -0.2) is 24.2 Å². The Balaban J connectivity index is 1.96. The Bertz CT molecular complexity index is 707. The Labute approximate surface area is 144 Å². The van der Waals surface area contributed by atoms with E-state index in [-0.39, 0.29) is 18.2 Å². The molecule has 0 atom stereocenters. The molecule has 0 fully saturated rings. The van der Waals surface area contributed by atoms with Crippen LogP contribution in [0.15, 0.2) is 41.5 Å². The molecule has 1 heterocycles. The number of nitrogens with one attached hydrogen (secondary N) is 2. The Hall–Kier alpha value is -2.15. The van der Waals surface area contributed by atoms with Crippen LogP contribution < -0.4 is 10.6 Å². The first kappa shape index (κ1) is 18.2. The molecule has 128 valence electrons. The molecule has 0 aliphatic carbocycles. The molecule has 0 unspecified atom stereocenters. The minimum Gasteiger partial charge on any atom is -0.352 e. The highest BCUT2D eigenvalue weighted by Crippen LogP contribution is 2.16. The molecule has 0 radical (unpaired) electrons. The second-order valence-electron chi connectivity index (χ2n) is 5.06. The van der Waals surface area contributed by atoms with Crippen LogP contribution in [0.25, 0.3) is 0 Å². The van der Waals surface area contributed by atoms with Crippen molar-refractivity contribution in [1.29, 1.82) is 0 Å². The zero-order chi connectivity index (χ0) is 17.4. The molecule has 0 aliphatic heterocycles. The van der Waals surface area contributed by atoms with Crippen molar-refractivity contribution >= 4 is 17.7 Å². The van der Waals surface area contributed by atoms with Gasteiger partial charge in [0.25, 0.3) is 0 Å². The van der Waals surface area contributed by atoms with Gasteiger partial charge in [0.15, 0.2) is 5.96 Å². The third-order valence-corrected chi connectivity index (χ3v) is 4.00. The maximum absolute atomic E-state index is 13.6. The van der Waals surface area contributed by atoms with Crippen molar-refractivity contribution in [2.75, 3.05) is 13.3 Å². The van der Waals surface area contributed by atoms with Crippen LogP contribution in [0.2, 0.25) is 0 Å². The lowest BCUT2D eigenvalue weighted by atomic mass is 10.1. The van der Waals surface area contributed by atoms with Gasteiger partial charge in [-0.3, -0.25) is 9.98 Å². The van der Waals surface area contributed by atoms with E-state index in [0.717, 1.165) is 16.9 Å². The fraction of sp³-hybridized carbons (Fsp3) is 0.294. The van der Waals surface area contributed by atoms with E-state index >= 15 is 0 Å². The van der Waals surface area contributed by atoms with Gasteiger partial charge in [0, 0.05) is 25.5 Å². The number of benzene rings is 1. The molecule has 2 aromatic rings. The van der Waals surface area contributed by atoms with Gasteiger partial charge in [0.05, 0.1) is 12.2 Å². The zero-order valence-electron chi connectivity index (χ0n) is 13.6. The van der Waals surface area contributed by atoms with Crippen molar-refractivity contribution < 1.29 is 8.78 Å². The van der Waals surface area contributed by atoms with E-state index < -0.39 is 0 Å². The van der Waals surface area contributed by atoms with E-state index in [1.54, 1.807) is 43.2 Å². The maximum atomic E-state index is 13.6. The van der Waals surface area contributed by atoms with Gasteiger partial charge in [0.2, 0.25) is 0 Å². The first-order valence-corrected chi connectivity index (χ1v) is 8.83. The average Bonchev–Trinajstić information content (AvgIpc) is 2.58. The molecule has 0 saturated heterocycles. The quantitative estimate of drug-likeness (QED) is 0.621. The van der Waals surface area contributed by atoms with Gasteiger partial charge in [-0.2, -0.15) is 11.8 Å². The maximum Gasteiger partial charge on any atom is 0.191 e. The second kappa shape index (κ2) is 9.22. The summed E-state index contributed by atoms with van der Waals surface area (Å²) in [6, 6.07) is 7.67. The minimum absolute atomic E-state index is 0.230. The van der Waals surface area contributed by atoms with Gasteiger partial charge in [-0.05, 0) is 41.6 Å². The third-order valence-electron chi connectivity index (χ3n) is 3.40. The van der Waals surface area contributed by atoms with E-state index in [1.165, 1.54) is 12.1 Å². The summed E-state index contributed by atoms with van der Waals surface area (Å²) in [7, 11) is 1.64. The fourth-order valence-electron chi connectivity index (χ4n) is 2.17. The summed E-state index contributed by atoms with van der Waals surface area (Å²) in [6.07, 6.45) is 3.52. The van der Waals surface area contributed by atoms with Gasteiger partial charge < -0.3 is 10.6 Å². The molecule has 0 spiro atoms. The van der Waals surface area contributed by atoms with Crippen LogP contribution >= 0.6 is 11.8 Å². The summed E-state index contributed by atoms with van der Waals surface area (Å²) in [5, 5.41) is 6.17. The number of hydrogen-bond donors (Lipinski definition) is 2. The molecule has 1 aromatic carbocycles. The van der Waals surface area contributed by atoms with Crippen LogP contribution in [-0.2, 0) is 18.8 Å². The Morgan fingerprint density at radius 2 is 1.96 bits per heavy atom. The average molecular weight is 350 g/mol. The number of rotatable bonds is 6. The number of nitrogens with zero attached hydrogens (tertiary/aromatic N) is 2. The lowest BCUT2D eigenvalue weighted by Crippen LogP contribution is -2.36. The van der Waals surface area contributed by atoms with E-state index in [1.807, 2.05) is 6.26 Å². The van der Waals surface area contributed by atoms with E-state index in [9.17, 15) is 8.78 Å². The molecule has 24 heavy (non-hydrogen) atoms. The molecule has 0 bridgehead atoms. The number of guanidine groups is 1. The van der Waals surface area contributed by atoms with Crippen LogP contribution in [0.3, 0.4) is 0 Å². The Morgan fingerprint density at radius 3 is 2.67 bits per heavy atom. The standard InChI is InChI=1S/C17H20F2N4S/c1-20-17(23-10-16-15(19)4-3-7-21-16)22-9-12-5-6-14(18)8-13(12)11-24-2/h3-8H,9-11H2,1-2H3,(H2,20,22,23). The SMILES string of the molecule is CN=C(NCc1ccc(F)cc1CSC)NCc1ncccc1F. The first-order valence-electron chi connectivity index (χ1n) is 7.44. The number of aliphatic imine (C=N–C) groups is 1. The predicted octanol–water partition coefficient (Wildman–Crippen LogP) is 3.09. The van der Waals surface area contributed by atoms with Crippen molar-refractivity contribution in [2.24, 2.45) is 4.99 Å². The lowest BCUT2D eigenvalue weighted by molar-refractivity contribution is 0.592. The zero-order valence-corrected chi connectivity index (χ0v) is 14.5. The number of thioether (sulfide) groups is 1. The number of hydrogen-bond acceptors (Lipinski definition) is 3. The summed E-state index contributed by atoms with van der Waals surface area (Å²) in [6.45, 7) is 0.730. The smallest absolute Gasteiger partial charge is 0.191 e. The molecule has 0 amide bonds. The summed E-state index contributed by atoms with van der Waals surface area (Å²) in [4.78, 5) is 8.09. The van der Waals surface area contributed by atoms with Gasteiger partial charge in [-0.1, -0.05) is 6.07 Å². The van der Waals surface area contributed by atoms with Crippen LogP contribution in [0.4, 0.5) is 8.78 Å². The first-order chi connectivity index (χ1) is 11.6. The van der Waals surface area contributed by atoms with Crippen molar-refractivity contribution in [3.05, 3.63) is 65.0 Å². The molecule has 7 heteroatoms. The molecule has 0 aliphatic rings. The third kappa shape index (κ3) is 5.19. The second-order valence-corrected chi connectivity index (χ2v) is 5.92. The monoisotopic (exact) mass is 350 g/mol. The number of aromatic nitrogens is 1. The highest BCUT2D eigenvalue weighted by atomic mass is 32.2. The largest absolute Gasteiger partial charge is 0.352 e. The van der Waals surface area contributed by atoms with Crippen LogP contribution in [0.5, 0.6) is 0 Å². The Morgan fingerprint density at radius 1 is 1.17 bits per heavy atom.